The van der Waals surface area contributed by atoms with Crippen molar-refractivity contribution in [2.75, 3.05) is 6.61 Å². The third-order valence-electron chi connectivity index (χ3n) is 3.83. The maximum Gasteiger partial charge on any atom is 0.354 e. The van der Waals surface area contributed by atoms with Gasteiger partial charge in [-0.25, -0.2) is 23.4 Å². The molecular weight excluding hydrogens is 346 g/mol. The van der Waals surface area contributed by atoms with Crippen molar-refractivity contribution in [3.63, 3.8) is 0 Å². The van der Waals surface area contributed by atoms with Crippen molar-refractivity contribution in [2.24, 2.45) is 0 Å². The van der Waals surface area contributed by atoms with E-state index in [2.05, 4.69) is 4.98 Å². The second-order valence-corrected chi connectivity index (χ2v) is 5.51. The van der Waals surface area contributed by atoms with Crippen LogP contribution in [-0.2, 0) is 11.3 Å². The first-order valence-corrected chi connectivity index (χ1v) is 7.74. The summed E-state index contributed by atoms with van der Waals surface area (Å²) in [4.78, 5) is 27.2. The van der Waals surface area contributed by atoms with Crippen molar-refractivity contribution in [3.8, 4) is 0 Å². The Bertz CT molecular complexity index is 1010. The molecule has 8 heteroatoms. The molecule has 26 heavy (non-hydrogen) atoms. The summed E-state index contributed by atoms with van der Waals surface area (Å²) in [5.74, 6) is -3.30. The summed E-state index contributed by atoms with van der Waals surface area (Å²) in [6, 6.07) is 5.94. The Hall–Kier alpha value is -3.29. The van der Waals surface area contributed by atoms with Crippen LogP contribution in [0.15, 0.2) is 36.5 Å². The molecule has 3 rings (SSSR count). The summed E-state index contributed by atoms with van der Waals surface area (Å²) in [6.07, 6.45) is 1.29. The normalized spacial score (nSPS) is 10.9. The van der Waals surface area contributed by atoms with E-state index in [4.69, 9.17) is 9.84 Å². The van der Waals surface area contributed by atoms with E-state index < -0.39 is 23.6 Å². The predicted molar refractivity (Wildman–Crippen MR) is 88.1 cm³/mol. The first-order valence-electron chi connectivity index (χ1n) is 7.74. The molecule has 0 saturated heterocycles. The molecular formula is C18H14F2N2O4. The van der Waals surface area contributed by atoms with E-state index in [9.17, 15) is 18.4 Å². The van der Waals surface area contributed by atoms with E-state index in [0.717, 1.165) is 12.1 Å². The molecule has 1 N–H and O–H groups in total. The number of nitrogens with zero attached hydrogens (tertiary/aromatic N) is 2. The number of ether oxygens (including phenoxy) is 1. The number of esters is 1. The highest BCUT2D eigenvalue weighted by Crippen LogP contribution is 2.23. The Morgan fingerprint density at radius 1 is 1.23 bits per heavy atom. The van der Waals surface area contributed by atoms with Gasteiger partial charge in [0, 0.05) is 17.0 Å². The van der Waals surface area contributed by atoms with Gasteiger partial charge in [-0.3, -0.25) is 0 Å². The minimum absolute atomic E-state index is 0.0716. The van der Waals surface area contributed by atoms with Gasteiger partial charge in [-0.15, -0.1) is 0 Å². The van der Waals surface area contributed by atoms with Crippen LogP contribution in [-0.4, -0.2) is 33.2 Å². The Morgan fingerprint density at radius 3 is 2.65 bits per heavy atom. The number of halogens is 2. The molecule has 0 atom stereocenters. The van der Waals surface area contributed by atoms with Crippen LogP contribution in [0.4, 0.5) is 8.78 Å². The molecule has 0 aliphatic heterocycles. The zero-order chi connectivity index (χ0) is 18.8. The van der Waals surface area contributed by atoms with Crippen molar-refractivity contribution in [2.45, 2.75) is 13.5 Å². The topological polar surface area (TPSA) is 81.4 Å². The minimum Gasteiger partial charge on any atom is -0.477 e. The van der Waals surface area contributed by atoms with Crippen LogP contribution in [0.1, 0.15) is 33.5 Å². The summed E-state index contributed by atoms with van der Waals surface area (Å²) >= 11 is 0. The van der Waals surface area contributed by atoms with Crippen LogP contribution < -0.4 is 0 Å². The number of carboxylic acids is 1. The lowest BCUT2D eigenvalue weighted by molar-refractivity contribution is 0.0514. The largest absolute Gasteiger partial charge is 0.477 e. The first kappa shape index (κ1) is 17.5. The Kier molecular flexibility index (Phi) is 4.66. The summed E-state index contributed by atoms with van der Waals surface area (Å²) < 4.78 is 33.6. The van der Waals surface area contributed by atoms with Crippen LogP contribution >= 0.6 is 0 Å². The second kappa shape index (κ2) is 6.91. The van der Waals surface area contributed by atoms with E-state index in [-0.39, 0.29) is 30.1 Å². The number of benzene rings is 1. The maximum atomic E-state index is 14.0. The molecule has 0 saturated carbocycles. The summed E-state index contributed by atoms with van der Waals surface area (Å²) in [7, 11) is 0. The van der Waals surface area contributed by atoms with Gasteiger partial charge in [-0.2, -0.15) is 0 Å². The van der Waals surface area contributed by atoms with Gasteiger partial charge >= 0.3 is 11.9 Å². The molecule has 0 aliphatic carbocycles. The fraction of sp³-hybridized carbons (Fsp3) is 0.167. The monoisotopic (exact) mass is 360 g/mol. The van der Waals surface area contributed by atoms with Crippen LogP contribution in [0.5, 0.6) is 0 Å². The fourth-order valence-corrected chi connectivity index (χ4v) is 2.64. The van der Waals surface area contributed by atoms with Crippen molar-refractivity contribution < 1.29 is 28.2 Å². The lowest BCUT2D eigenvalue weighted by Crippen LogP contribution is -2.13. The Morgan fingerprint density at radius 2 is 2.00 bits per heavy atom. The van der Waals surface area contributed by atoms with E-state index in [1.807, 2.05) is 0 Å². The minimum atomic E-state index is -1.21. The summed E-state index contributed by atoms with van der Waals surface area (Å²) in [5.41, 5.74) is 0.534. The fourth-order valence-electron chi connectivity index (χ4n) is 2.64. The van der Waals surface area contributed by atoms with Crippen LogP contribution in [0.2, 0.25) is 0 Å². The number of hydrogen-bond donors (Lipinski definition) is 1. The lowest BCUT2D eigenvalue weighted by Gasteiger charge is -2.11. The number of fused-ring (bicyclic) bond motifs is 1. The molecule has 0 aliphatic rings. The van der Waals surface area contributed by atoms with Gasteiger partial charge in [0.25, 0.3) is 0 Å². The molecule has 1 aromatic carbocycles. The molecule has 0 bridgehead atoms. The van der Waals surface area contributed by atoms with E-state index >= 15 is 0 Å². The molecule has 2 aromatic heterocycles. The van der Waals surface area contributed by atoms with Gasteiger partial charge in [0.05, 0.1) is 24.9 Å². The quantitative estimate of drug-likeness (QED) is 0.707. The number of hydrogen-bond acceptors (Lipinski definition) is 4. The zero-order valence-electron chi connectivity index (χ0n) is 13.7. The number of carbonyl (C=O) groups is 2. The highest BCUT2D eigenvalue weighted by atomic mass is 19.1. The lowest BCUT2D eigenvalue weighted by atomic mass is 10.2. The Balaban J connectivity index is 2.15. The highest BCUT2D eigenvalue weighted by molar-refractivity contribution is 5.97. The van der Waals surface area contributed by atoms with Crippen molar-refractivity contribution in [1.82, 2.24) is 9.55 Å². The molecule has 0 spiro atoms. The van der Waals surface area contributed by atoms with Crippen molar-refractivity contribution >= 4 is 22.8 Å². The average molecular weight is 360 g/mol. The van der Waals surface area contributed by atoms with Crippen LogP contribution in [0.25, 0.3) is 10.9 Å². The molecule has 134 valence electrons. The molecule has 2 heterocycles. The highest BCUT2D eigenvalue weighted by Gasteiger charge is 2.19. The number of aromatic carboxylic acids is 1. The molecule has 0 fully saturated rings. The van der Waals surface area contributed by atoms with Crippen LogP contribution in [0.3, 0.4) is 0 Å². The van der Waals surface area contributed by atoms with Gasteiger partial charge in [0.1, 0.15) is 23.0 Å². The van der Waals surface area contributed by atoms with E-state index in [1.54, 1.807) is 6.92 Å². The molecule has 0 unspecified atom stereocenters. The molecule has 0 amide bonds. The molecule has 6 nitrogen and oxygen atoms in total. The summed E-state index contributed by atoms with van der Waals surface area (Å²) in [5, 5.41) is 9.51. The molecule has 0 radical (unpaired) electrons. The van der Waals surface area contributed by atoms with Gasteiger partial charge < -0.3 is 14.4 Å². The van der Waals surface area contributed by atoms with E-state index in [1.165, 1.54) is 29.0 Å². The third-order valence-corrected chi connectivity index (χ3v) is 3.83. The smallest absolute Gasteiger partial charge is 0.354 e. The third kappa shape index (κ3) is 3.26. The zero-order valence-corrected chi connectivity index (χ0v) is 13.7. The average Bonchev–Trinajstić information content (AvgIpc) is 2.95. The first-order chi connectivity index (χ1) is 12.4. The number of carboxylic acid groups (broad SMARTS) is 1. The van der Waals surface area contributed by atoms with Crippen LogP contribution in [0, 0.1) is 11.6 Å². The van der Waals surface area contributed by atoms with Gasteiger partial charge in [-0.1, -0.05) is 6.07 Å². The second-order valence-electron chi connectivity index (χ2n) is 5.51. The van der Waals surface area contributed by atoms with E-state index in [0.29, 0.717) is 10.9 Å². The maximum absolute atomic E-state index is 14.0. The molecule has 3 aromatic rings. The van der Waals surface area contributed by atoms with Gasteiger partial charge in [0.15, 0.2) is 0 Å². The summed E-state index contributed by atoms with van der Waals surface area (Å²) in [6.45, 7) is 1.72. The predicted octanol–water partition coefficient (Wildman–Crippen LogP) is 3.24. The van der Waals surface area contributed by atoms with Gasteiger partial charge in [0.2, 0.25) is 0 Å². The number of carbonyl (C=O) groups excluding carboxylic acids is 1. The van der Waals surface area contributed by atoms with Crippen molar-refractivity contribution in [3.05, 3.63) is 65.1 Å². The SMILES string of the molecule is CCOC(=O)c1cc2cc(C(=O)O)ncc2n1Cc1ccc(F)cc1F. The van der Waals surface area contributed by atoms with Gasteiger partial charge in [-0.05, 0) is 25.1 Å². The number of rotatable bonds is 5. The standard InChI is InChI=1S/C18H14F2N2O4/c1-2-26-18(25)15-6-11-5-14(17(23)24)21-8-16(11)22(15)9-10-3-4-12(19)7-13(10)20/h3-8H,2,9H2,1H3,(H,23,24). The number of aromatic nitrogens is 2. The Labute approximate surface area is 146 Å². The van der Waals surface area contributed by atoms with Crippen molar-refractivity contribution in [1.29, 1.82) is 0 Å². The number of pyridine rings is 1.